The molecule has 1 N–H and O–H groups in total. The van der Waals surface area contributed by atoms with Gasteiger partial charge in [-0.25, -0.2) is 27.1 Å². The summed E-state index contributed by atoms with van der Waals surface area (Å²) in [6.45, 7) is 3.22. The first kappa shape index (κ1) is 24.9. The number of imidazole rings is 1. The molecular weight excluding hydrogens is 506 g/mol. The average Bonchev–Trinajstić information content (AvgIpc) is 3.35. The first-order valence-corrected chi connectivity index (χ1v) is 12.5. The number of aryl methyl sites for hydroxylation is 2. The largest absolute Gasteiger partial charge is 0.479 e. The third-order valence-corrected chi connectivity index (χ3v) is 7.37. The van der Waals surface area contributed by atoms with Gasteiger partial charge >= 0.3 is 0 Å². The summed E-state index contributed by atoms with van der Waals surface area (Å²) >= 11 is 0. The van der Waals surface area contributed by atoms with Crippen LogP contribution >= 0.6 is 0 Å². The number of aromatic nitrogens is 5. The molecule has 0 unspecified atom stereocenters. The van der Waals surface area contributed by atoms with Gasteiger partial charge < -0.3 is 19.4 Å². The van der Waals surface area contributed by atoms with Crippen molar-refractivity contribution in [2.75, 3.05) is 45.4 Å². The second-order valence-electron chi connectivity index (χ2n) is 9.66. The van der Waals surface area contributed by atoms with Gasteiger partial charge in [0.05, 0.1) is 56.2 Å². The maximum absolute atomic E-state index is 15.4. The highest BCUT2D eigenvalue weighted by Crippen LogP contribution is 2.36. The quantitative estimate of drug-likeness (QED) is 0.364. The van der Waals surface area contributed by atoms with E-state index in [-0.39, 0.29) is 53.1 Å². The molecule has 2 fully saturated rings. The number of fused-ring (bicyclic) bond motifs is 2. The fourth-order valence-corrected chi connectivity index (χ4v) is 5.33. The molecule has 0 saturated carbocycles. The summed E-state index contributed by atoms with van der Waals surface area (Å²) in [6, 6.07) is 2.47. The van der Waals surface area contributed by atoms with Crippen molar-refractivity contribution in [2.45, 2.75) is 38.1 Å². The summed E-state index contributed by atoms with van der Waals surface area (Å²) < 4.78 is 72.0. The van der Waals surface area contributed by atoms with Crippen LogP contribution in [0.1, 0.15) is 12.2 Å². The van der Waals surface area contributed by atoms with Crippen molar-refractivity contribution in [3.8, 4) is 17.0 Å². The Bertz CT molecular complexity index is 1500. The molecule has 5 heterocycles. The zero-order valence-corrected chi connectivity index (χ0v) is 20.9. The number of hydrogen-bond acceptors (Lipinski definition) is 7. The van der Waals surface area contributed by atoms with E-state index in [1.165, 1.54) is 17.7 Å². The van der Waals surface area contributed by atoms with E-state index in [4.69, 9.17) is 9.47 Å². The lowest BCUT2D eigenvalue weighted by Crippen LogP contribution is -2.57. The van der Waals surface area contributed by atoms with Gasteiger partial charge in [-0.3, -0.25) is 4.90 Å². The van der Waals surface area contributed by atoms with E-state index >= 15 is 8.78 Å². The molecule has 2 aliphatic rings. The van der Waals surface area contributed by atoms with Gasteiger partial charge in [0.1, 0.15) is 29.7 Å². The number of ether oxygens (including phenoxy) is 2. The maximum Gasteiger partial charge on any atom is 0.244 e. The first-order chi connectivity index (χ1) is 18.4. The number of hydrogen-bond donors (Lipinski definition) is 1. The van der Waals surface area contributed by atoms with Crippen molar-refractivity contribution in [2.24, 2.45) is 0 Å². The van der Waals surface area contributed by atoms with Crippen molar-refractivity contribution < 1.29 is 27.0 Å². The first-order valence-electron chi connectivity index (χ1n) is 12.5. The number of anilines is 1. The number of likely N-dealkylation sites (tertiary alicyclic amines) is 1. The van der Waals surface area contributed by atoms with E-state index in [1.54, 1.807) is 17.6 Å². The Morgan fingerprint density at radius 3 is 2.68 bits per heavy atom. The minimum absolute atomic E-state index is 0.00535. The second-order valence-corrected chi connectivity index (χ2v) is 9.66. The molecule has 1 aromatic carbocycles. The van der Waals surface area contributed by atoms with E-state index in [0.29, 0.717) is 37.5 Å². The summed E-state index contributed by atoms with van der Waals surface area (Å²) in [7, 11) is 1.38. The van der Waals surface area contributed by atoms with Crippen molar-refractivity contribution in [1.29, 1.82) is 0 Å². The van der Waals surface area contributed by atoms with Crippen molar-refractivity contribution >= 4 is 22.5 Å². The predicted molar refractivity (Wildman–Crippen MR) is 132 cm³/mol. The SMILES string of the molecule is COc1nc(N[C@H]2CCN(C3COC3)C[C@H]2F)nn2cc(F)c(-c3cc(F)c4nc(C)n(CCF)c4c3)c12. The number of nitrogens with zero attached hydrogens (tertiary/aromatic N) is 6. The zero-order chi connectivity index (χ0) is 26.6. The summed E-state index contributed by atoms with van der Waals surface area (Å²) in [5.41, 5.74) is 0.836. The monoisotopic (exact) mass is 533 g/mol. The molecule has 2 atom stereocenters. The molecule has 202 valence electrons. The van der Waals surface area contributed by atoms with Gasteiger partial charge in [0.15, 0.2) is 11.6 Å². The van der Waals surface area contributed by atoms with Gasteiger partial charge in [0.25, 0.3) is 0 Å². The number of methoxy groups -OCH3 is 1. The van der Waals surface area contributed by atoms with Crippen LogP contribution in [-0.4, -0.2) is 87.4 Å². The molecule has 0 spiro atoms. The number of benzene rings is 1. The molecule has 0 amide bonds. The van der Waals surface area contributed by atoms with Crippen LogP contribution in [-0.2, 0) is 11.3 Å². The lowest BCUT2D eigenvalue weighted by Gasteiger charge is -2.42. The van der Waals surface area contributed by atoms with Crippen LogP contribution in [0.25, 0.3) is 27.7 Å². The topological polar surface area (TPSA) is 81.7 Å². The maximum atomic E-state index is 15.4. The Morgan fingerprint density at radius 2 is 2.00 bits per heavy atom. The van der Waals surface area contributed by atoms with E-state index in [2.05, 4.69) is 25.3 Å². The molecule has 13 heteroatoms. The molecule has 6 rings (SSSR count). The van der Waals surface area contributed by atoms with E-state index < -0.39 is 30.5 Å². The second kappa shape index (κ2) is 9.70. The Balaban J connectivity index is 1.35. The molecule has 0 bridgehead atoms. The predicted octanol–water partition coefficient (Wildman–Crippen LogP) is 3.53. The average molecular weight is 534 g/mol. The van der Waals surface area contributed by atoms with Crippen molar-refractivity contribution in [1.82, 2.24) is 29.0 Å². The highest BCUT2D eigenvalue weighted by Gasteiger charge is 2.36. The van der Waals surface area contributed by atoms with Crippen molar-refractivity contribution in [3.63, 3.8) is 0 Å². The summed E-state index contributed by atoms with van der Waals surface area (Å²) in [6.07, 6.45) is 0.523. The van der Waals surface area contributed by atoms with Gasteiger partial charge in [-0.1, -0.05) is 0 Å². The van der Waals surface area contributed by atoms with Crippen molar-refractivity contribution in [3.05, 3.63) is 35.8 Å². The molecule has 0 aliphatic carbocycles. The van der Waals surface area contributed by atoms with E-state index in [1.807, 2.05) is 0 Å². The fourth-order valence-electron chi connectivity index (χ4n) is 5.33. The molecule has 0 radical (unpaired) electrons. The van der Waals surface area contributed by atoms with Crippen LogP contribution < -0.4 is 10.1 Å². The summed E-state index contributed by atoms with van der Waals surface area (Å²) in [4.78, 5) is 10.6. The van der Waals surface area contributed by atoms with Gasteiger partial charge in [-0.15, -0.1) is 5.10 Å². The lowest BCUT2D eigenvalue weighted by molar-refractivity contribution is -0.0794. The van der Waals surface area contributed by atoms with Gasteiger partial charge in [-0.2, -0.15) is 4.98 Å². The normalized spacial score (nSPS) is 20.8. The molecular formula is C25H27F4N7O2. The molecule has 3 aromatic heterocycles. The minimum Gasteiger partial charge on any atom is -0.479 e. The smallest absolute Gasteiger partial charge is 0.244 e. The number of rotatable bonds is 7. The van der Waals surface area contributed by atoms with Crippen LogP contribution in [0.3, 0.4) is 0 Å². The standard InChI is InChI=1S/C25H27F4N7O2/c1-13-30-22-16(27)7-14(8-20(22)35(13)6-4-26)21-18(29)10-36-23(21)24(37-2)32-25(33-36)31-19-3-5-34(9-17(19)28)15-11-38-12-15/h7-8,10,15,17,19H,3-6,9,11-12H2,1-2H3,(H,31,33)/t17-,19+/m1/s1. The zero-order valence-electron chi connectivity index (χ0n) is 20.9. The molecule has 2 saturated heterocycles. The Labute approximate surface area is 215 Å². The Kier molecular flexibility index (Phi) is 6.34. The Hall–Kier alpha value is -3.45. The van der Waals surface area contributed by atoms with Crippen LogP contribution in [0.5, 0.6) is 5.88 Å². The number of nitrogens with one attached hydrogen (secondary N) is 1. The molecule has 38 heavy (non-hydrogen) atoms. The third-order valence-electron chi connectivity index (χ3n) is 7.37. The van der Waals surface area contributed by atoms with Gasteiger partial charge in [-0.05, 0) is 31.0 Å². The highest BCUT2D eigenvalue weighted by atomic mass is 19.1. The Morgan fingerprint density at radius 1 is 1.18 bits per heavy atom. The minimum atomic E-state index is -1.15. The molecule has 4 aromatic rings. The summed E-state index contributed by atoms with van der Waals surface area (Å²) in [5, 5.41) is 7.38. The van der Waals surface area contributed by atoms with Gasteiger partial charge in [0.2, 0.25) is 11.8 Å². The number of halogens is 4. The van der Waals surface area contributed by atoms with E-state index in [0.717, 1.165) is 6.20 Å². The third kappa shape index (κ3) is 4.13. The number of piperidine rings is 1. The van der Waals surface area contributed by atoms with E-state index in [9.17, 15) is 8.78 Å². The number of alkyl halides is 2. The fraction of sp³-hybridized carbons (Fsp3) is 0.480. The van der Waals surface area contributed by atoms with Crippen LogP contribution in [0, 0.1) is 18.6 Å². The van der Waals surface area contributed by atoms with Gasteiger partial charge in [0, 0.05) is 13.1 Å². The van der Waals surface area contributed by atoms with Crippen LogP contribution in [0.15, 0.2) is 18.3 Å². The van der Waals surface area contributed by atoms with Crippen LogP contribution in [0.4, 0.5) is 23.5 Å². The lowest BCUT2D eigenvalue weighted by atomic mass is 10.0. The molecule has 9 nitrogen and oxygen atoms in total. The highest BCUT2D eigenvalue weighted by molar-refractivity contribution is 5.90. The summed E-state index contributed by atoms with van der Waals surface area (Å²) in [5.74, 6) is -0.771. The molecule has 2 aliphatic heterocycles. The van der Waals surface area contributed by atoms with Crippen LogP contribution in [0.2, 0.25) is 0 Å².